The molecule has 0 radical (unpaired) electrons. The average Bonchev–Trinajstić information content (AvgIpc) is 2.76. The Morgan fingerprint density at radius 2 is 1.76 bits per heavy atom. The van der Waals surface area contributed by atoms with Crippen LogP contribution >= 0.6 is 0 Å². The number of hydrogen-bond acceptors (Lipinski definition) is 0. The normalized spacial score (nSPS) is 56.2. The van der Waals surface area contributed by atoms with Crippen molar-refractivity contribution in [2.45, 2.75) is 79.1 Å². The lowest BCUT2D eigenvalue weighted by Gasteiger charge is -2.58. The van der Waals surface area contributed by atoms with Crippen LogP contribution in [0.5, 0.6) is 0 Å². The van der Waals surface area contributed by atoms with Gasteiger partial charge in [-0.3, -0.25) is 0 Å². The molecule has 0 heteroatoms. The van der Waals surface area contributed by atoms with Gasteiger partial charge in [0.1, 0.15) is 0 Å². The monoisotopic (exact) mass is 286 g/mol. The minimum Gasteiger partial charge on any atom is -0.0845 e. The third-order valence-corrected chi connectivity index (χ3v) is 8.82. The molecule has 0 aromatic carbocycles. The van der Waals surface area contributed by atoms with Crippen LogP contribution in [0.25, 0.3) is 0 Å². The first kappa shape index (κ1) is 14.3. The maximum atomic E-state index is 2.71. The first-order valence-electron chi connectivity index (χ1n) is 9.64. The SMILES string of the molecule is CC1CCC2(C)C(=CCC3C2CCC2(C)C(C)CCC32)C1. The first-order chi connectivity index (χ1) is 9.95. The molecule has 0 N–H and O–H groups in total. The third-order valence-electron chi connectivity index (χ3n) is 8.82. The summed E-state index contributed by atoms with van der Waals surface area (Å²) in [7, 11) is 0. The van der Waals surface area contributed by atoms with E-state index < -0.39 is 0 Å². The minimum absolute atomic E-state index is 0.572. The summed E-state index contributed by atoms with van der Waals surface area (Å²) < 4.78 is 0. The number of rotatable bonds is 0. The molecule has 0 heterocycles. The van der Waals surface area contributed by atoms with Crippen molar-refractivity contribution in [3.8, 4) is 0 Å². The molecule has 0 amide bonds. The van der Waals surface area contributed by atoms with Crippen LogP contribution in [-0.4, -0.2) is 0 Å². The smallest absolute Gasteiger partial charge is 0.00851 e. The molecule has 0 spiro atoms. The second kappa shape index (κ2) is 4.62. The van der Waals surface area contributed by atoms with Gasteiger partial charge < -0.3 is 0 Å². The van der Waals surface area contributed by atoms with Crippen molar-refractivity contribution >= 4 is 0 Å². The summed E-state index contributed by atoms with van der Waals surface area (Å²) in [6.07, 6.45) is 14.5. The van der Waals surface area contributed by atoms with Gasteiger partial charge in [0.05, 0.1) is 0 Å². The number of hydrogen-bond donors (Lipinski definition) is 0. The van der Waals surface area contributed by atoms with E-state index >= 15 is 0 Å². The lowest BCUT2D eigenvalue weighted by atomic mass is 9.47. The maximum absolute atomic E-state index is 2.71. The van der Waals surface area contributed by atoms with Crippen molar-refractivity contribution in [2.75, 3.05) is 0 Å². The van der Waals surface area contributed by atoms with Crippen molar-refractivity contribution in [1.82, 2.24) is 0 Å². The highest BCUT2D eigenvalue weighted by Gasteiger charge is 2.57. The molecule has 0 bridgehead atoms. The number of allylic oxidation sites excluding steroid dienone is 2. The van der Waals surface area contributed by atoms with E-state index in [2.05, 4.69) is 33.8 Å². The van der Waals surface area contributed by atoms with E-state index in [0.717, 1.165) is 29.6 Å². The maximum Gasteiger partial charge on any atom is -0.00851 e. The third kappa shape index (κ3) is 1.86. The molecular weight excluding hydrogens is 252 g/mol. The number of fused-ring (bicyclic) bond motifs is 5. The molecule has 118 valence electrons. The molecule has 21 heavy (non-hydrogen) atoms. The zero-order valence-corrected chi connectivity index (χ0v) is 14.6. The van der Waals surface area contributed by atoms with Crippen molar-refractivity contribution in [3.63, 3.8) is 0 Å². The Morgan fingerprint density at radius 3 is 2.57 bits per heavy atom. The highest BCUT2D eigenvalue weighted by molar-refractivity contribution is 5.24. The van der Waals surface area contributed by atoms with Gasteiger partial charge in [-0.2, -0.15) is 0 Å². The highest BCUT2D eigenvalue weighted by atomic mass is 14.6. The molecule has 7 unspecified atom stereocenters. The fourth-order valence-electron chi connectivity index (χ4n) is 7.11. The van der Waals surface area contributed by atoms with E-state index in [1.165, 1.54) is 51.4 Å². The molecular formula is C21H34. The molecule has 0 saturated heterocycles. The standard InChI is InChI=1S/C21H34/c1-14-9-11-21(4)16(13-14)6-7-17-18-8-5-15(2)20(18,3)12-10-19(17)21/h6,14-15,17-19H,5,7-13H2,1-4H3. The Hall–Kier alpha value is -0.260. The Morgan fingerprint density at radius 1 is 0.952 bits per heavy atom. The Balaban J connectivity index is 1.68. The van der Waals surface area contributed by atoms with Crippen LogP contribution in [0.1, 0.15) is 79.1 Å². The van der Waals surface area contributed by atoms with E-state index in [1.54, 1.807) is 0 Å². The fourth-order valence-corrected chi connectivity index (χ4v) is 7.11. The zero-order chi connectivity index (χ0) is 14.8. The topological polar surface area (TPSA) is 0 Å². The second-order valence-corrected chi connectivity index (χ2v) is 9.63. The molecule has 4 aliphatic carbocycles. The van der Waals surface area contributed by atoms with Crippen molar-refractivity contribution in [3.05, 3.63) is 11.6 Å². The van der Waals surface area contributed by atoms with Crippen LogP contribution in [0.4, 0.5) is 0 Å². The highest BCUT2D eigenvalue weighted by Crippen LogP contribution is 2.66. The van der Waals surface area contributed by atoms with Crippen LogP contribution in [-0.2, 0) is 0 Å². The van der Waals surface area contributed by atoms with Gasteiger partial charge in [0.2, 0.25) is 0 Å². The molecule has 3 fully saturated rings. The second-order valence-electron chi connectivity index (χ2n) is 9.63. The minimum atomic E-state index is 0.572. The summed E-state index contributed by atoms with van der Waals surface area (Å²) in [6.45, 7) is 10.3. The fraction of sp³-hybridized carbons (Fsp3) is 0.905. The average molecular weight is 287 g/mol. The van der Waals surface area contributed by atoms with Crippen LogP contribution < -0.4 is 0 Å². The molecule has 0 aliphatic heterocycles. The van der Waals surface area contributed by atoms with E-state index in [-0.39, 0.29) is 0 Å². The molecule has 0 aromatic heterocycles. The van der Waals surface area contributed by atoms with Gasteiger partial charge in [0, 0.05) is 0 Å². The van der Waals surface area contributed by atoms with Crippen LogP contribution in [0.2, 0.25) is 0 Å². The largest absolute Gasteiger partial charge is 0.0845 e. The van der Waals surface area contributed by atoms with Crippen molar-refractivity contribution in [2.24, 2.45) is 40.4 Å². The van der Waals surface area contributed by atoms with E-state index in [4.69, 9.17) is 0 Å². The summed E-state index contributed by atoms with van der Waals surface area (Å²) >= 11 is 0. The summed E-state index contributed by atoms with van der Waals surface area (Å²) in [5.74, 6) is 4.94. The van der Waals surface area contributed by atoms with Gasteiger partial charge in [-0.25, -0.2) is 0 Å². The zero-order valence-electron chi connectivity index (χ0n) is 14.6. The van der Waals surface area contributed by atoms with Crippen molar-refractivity contribution < 1.29 is 0 Å². The summed E-state index contributed by atoms with van der Waals surface area (Å²) in [4.78, 5) is 0. The van der Waals surface area contributed by atoms with Crippen LogP contribution in [0, 0.1) is 40.4 Å². The van der Waals surface area contributed by atoms with Gasteiger partial charge in [0.15, 0.2) is 0 Å². The molecule has 0 nitrogen and oxygen atoms in total. The summed E-state index contributed by atoms with van der Waals surface area (Å²) in [5, 5.41) is 0. The Bertz CT molecular complexity index is 461. The molecule has 7 atom stereocenters. The Labute approximate surface area is 131 Å². The Kier molecular flexibility index (Phi) is 3.15. The molecule has 3 saturated carbocycles. The van der Waals surface area contributed by atoms with E-state index in [0.29, 0.717) is 10.8 Å². The quantitative estimate of drug-likeness (QED) is 0.464. The van der Waals surface area contributed by atoms with Crippen LogP contribution in [0.3, 0.4) is 0 Å². The van der Waals surface area contributed by atoms with Crippen molar-refractivity contribution in [1.29, 1.82) is 0 Å². The molecule has 4 rings (SSSR count). The molecule has 4 aliphatic rings. The first-order valence-corrected chi connectivity index (χ1v) is 9.64. The van der Waals surface area contributed by atoms with Gasteiger partial charge >= 0.3 is 0 Å². The van der Waals surface area contributed by atoms with Gasteiger partial charge in [-0.15, -0.1) is 0 Å². The lowest BCUT2D eigenvalue weighted by molar-refractivity contribution is -0.0411. The van der Waals surface area contributed by atoms with Gasteiger partial charge in [0.25, 0.3) is 0 Å². The van der Waals surface area contributed by atoms with E-state index in [1.807, 2.05) is 5.57 Å². The van der Waals surface area contributed by atoms with Gasteiger partial charge in [-0.05, 0) is 91.8 Å². The van der Waals surface area contributed by atoms with Crippen LogP contribution in [0.15, 0.2) is 11.6 Å². The predicted octanol–water partition coefficient (Wildman–Crippen LogP) is 6.22. The summed E-state index contributed by atoms with van der Waals surface area (Å²) in [6, 6.07) is 0. The predicted molar refractivity (Wildman–Crippen MR) is 90.0 cm³/mol. The van der Waals surface area contributed by atoms with E-state index in [9.17, 15) is 0 Å². The van der Waals surface area contributed by atoms with Gasteiger partial charge in [-0.1, -0.05) is 39.3 Å². The summed E-state index contributed by atoms with van der Waals surface area (Å²) in [5.41, 5.74) is 3.10. The lowest BCUT2D eigenvalue weighted by Crippen LogP contribution is -2.49. The molecule has 0 aromatic rings.